The molecule has 0 bridgehead atoms. The Morgan fingerprint density at radius 2 is 1.37 bits per heavy atom. The smallest absolute Gasteiger partial charge is 0.270 e. The highest BCUT2D eigenvalue weighted by Crippen LogP contribution is 2.24. The summed E-state index contributed by atoms with van der Waals surface area (Å²) in [6, 6.07) is -5.06. The van der Waals surface area contributed by atoms with Crippen LogP contribution in [0, 0.1) is 17.8 Å². The standard InChI is InChI=1S/C69H115N13O18S/c1-8-42(4)33-43(5)20-14-11-9-10-12-17-24-56(89)74-51-35-46(86)37-72-64(95)53-23-18-29-81(53)69(99)58(79-63(94)52(39-83)77-65(96)54-36-47(87)38-82(54)68(98)57(44(6)85)78-61(51)92)55(88)25-28-71-66(97)67(100-30-19-27-70)80-62(93)50(34-45-21-15-13-16-22-45)76-60(91)49(32-41(2)3)75-59(90)48(73-40-84)26-31-101-7/h13,15-16,21-22,40-44,46-55,57-58,67,83,85-88H,8-12,14,17-20,23-39,70H2,1-7H3,(H,71,97)(H,72,95)(H,73,84)(H,74,89)(H,75,90)(H,76,91)(H,77,96)(H,78,92)(H,79,94)(H,80,93). The molecule has 3 aliphatic rings. The maximum absolute atomic E-state index is 14.8. The number of amides is 12. The van der Waals surface area contributed by atoms with Crippen LogP contribution in [0.15, 0.2) is 30.3 Å². The molecule has 0 saturated carbocycles. The second kappa shape index (κ2) is 45.8. The van der Waals surface area contributed by atoms with Gasteiger partial charge in [0.2, 0.25) is 71.7 Å². The molecule has 3 fully saturated rings. The zero-order valence-electron chi connectivity index (χ0n) is 59.8. The summed E-state index contributed by atoms with van der Waals surface area (Å²) >= 11 is 1.45. The number of hydrogen-bond donors (Lipinski definition) is 16. The van der Waals surface area contributed by atoms with Crippen LogP contribution in [-0.2, 0) is 68.7 Å². The number of rotatable bonds is 39. The van der Waals surface area contributed by atoms with Crippen LogP contribution < -0.4 is 58.9 Å². The third-order valence-electron chi connectivity index (χ3n) is 18.4. The van der Waals surface area contributed by atoms with Crippen molar-refractivity contribution in [2.45, 2.75) is 249 Å². The Kier molecular flexibility index (Phi) is 39.2. The molecule has 570 valence electrons. The summed E-state index contributed by atoms with van der Waals surface area (Å²) in [4.78, 5) is 169. The molecule has 0 aliphatic carbocycles. The summed E-state index contributed by atoms with van der Waals surface area (Å²) in [5.41, 5.74) is 6.35. The van der Waals surface area contributed by atoms with Crippen molar-refractivity contribution in [3.8, 4) is 0 Å². The van der Waals surface area contributed by atoms with Crippen molar-refractivity contribution in [1.82, 2.24) is 63.0 Å². The van der Waals surface area contributed by atoms with E-state index < -0.39 is 196 Å². The Labute approximate surface area is 597 Å². The number of ether oxygens (including phenoxy) is 1. The van der Waals surface area contributed by atoms with Gasteiger partial charge >= 0.3 is 0 Å². The van der Waals surface area contributed by atoms with Crippen LogP contribution in [0.3, 0.4) is 0 Å². The molecule has 16 atom stereocenters. The first-order valence-electron chi connectivity index (χ1n) is 35.8. The minimum atomic E-state index is -1.98. The van der Waals surface area contributed by atoms with Gasteiger partial charge in [-0.05, 0) is 100 Å². The van der Waals surface area contributed by atoms with Gasteiger partial charge in [0, 0.05) is 51.9 Å². The lowest BCUT2D eigenvalue weighted by atomic mass is 9.91. The summed E-state index contributed by atoms with van der Waals surface area (Å²) in [5.74, 6) is -8.34. The number of aliphatic hydroxyl groups is 5. The predicted octanol–water partition coefficient (Wildman–Crippen LogP) is -1.87. The average molecular weight is 1450 g/mol. The van der Waals surface area contributed by atoms with Crippen molar-refractivity contribution in [2.75, 3.05) is 57.9 Å². The van der Waals surface area contributed by atoms with E-state index in [0.29, 0.717) is 36.0 Å². The summed E-state index contributed by atoms with van der Waals surface area (Å²) < 4.78 is 5.82. The van der Waals surface area contributed by atoms with Crippen LogP contribution in [0.4, 0.5) is 0 Å². The third-order valence-corrected chi connectivity index (χ3v) is 19.0. The van der Waals surface area contributed by atoms with Crippen molar-refractivity contribution < 1.29 is 87.8 Å². The molecule has 0 radical (unpaired) electrons. The van der Waals surface area contributed by atoms with E-state index in [1.807, 2.05) is 20.1 Å². The first-order valence-corrected chi connectivity index (χ1v) is 37.2. The van der Waals surface area contributed by atoms with Gasteiger partial charge in [0.25, 0.3) is 5.91 Å². The maximum atomic E-state index is 14.8. The van der Waals surface area contributed by atoms with E-state index in [4.69, 9.17) is 10.5 Å². The van der Waals surface area contributed by atoms with E-state index in [1.165, 1.54) is 25.1 Å². The van der Waals surface area contributed by atoms with Gasteiger partial charge < -0.3 is 99.0 Å². The van der Waals surface area contributed by atoms with Gasteiger partial charge in [-0.1, -0.05) is 110 Å². The number of hydrogen-bond acceptors (Lipinski definition) is 20. The van der Waals surface area contributed by atoms with Crippen molar-refractivity contribution in [3.63, 3.8) is 0 Å². The molecule has 12 amide bonds. The fraction of sp³-hybridized carbons (Fsp3) is 0.739. The van der Waals surface area contributed by atoms with Gasteiger partial charge in [-0.2, -0.15) is 11.8 Å². The monoisotopic (exact) mass is 1450 g/mol. The third kappa shape index (κ3) is 29.7. The number of benzene rings is 1. The molecule has 31 nitrogen and oxygen atoms in total. The molecule has 3 aliphatic heterocycles. The number of aliphatic hydroxyl groups excluding tert-OH is 5. The number of unbranched alkanes of at least 4 members (excludes halogenated alkanes) is 5. The molecule has 101 heavy (non-hydrogen) atoms. The molecule has 32 heteroatoms. The van der Waals surface area contributed by atoms with E-state index in [9.17, 15) is 83.1 Å². The van der Waals surface area contributed by atoms with Crippen LogP contribution in [0.2, 0.25) is 0 Å². The lowest BCUT2D eigenvalue weighted by Crippen LogP contribution is -2.62. The molecule has 0 aromatic heterocycles. The van der Waals surface area contributed by atoms with E-state index >= 15 is 0 Å². The molecule has 0 spiro atoms. The van der Waals surface area contributed by atoms with Gasteiger partial charge in [0.1, 0.15) is 54.4 Å². The molecule has 1 aromatic carbocycles. The van der Waals surface area contributed by atoms with Gasteiger partial charge in [0.15, 0.2) is 0 Å². The predicted molar refractivity (Wildman–Crippen MR) is 376 cm³/mol. The number of nitrogens with two attached hydrogens (primary N) is 1. The summed E-state index contributed by atoms with van der Waals surface area (Å²) in [7, 11) is 0. The topological polar surface area (TPSA) is 468 Å². The zero-order chi connectivity index (χ0) is 74.7. The quantitative estimate of drug-likeness (QED) is 0.0195. The maximum Gasteiger partial charge on any atom is 0.270 e. The zero-order valence-corrected chi connectivity index (χ0v) is 60.6. The summed E-state index contributed by atoms with van der Waals surface area (Å²) in [5, 5.41) is 81.3. The number of nitrogens with one attached hydrogen (secondary N) is 10. The second-order valence-electron chi connectivity index (χ2n) is 27.4. The normalized spacial score (nSPS) is 23.5. The Morgan fingerprint density at radius 3 is 2.02 bits per heavy atom. The molecule has 1 aromatic rings. The minimum Gasteiger partial charge on any atom is -0.394 e. The molecular weight excluding hydrogens is 1330 g/mol. The van der Waals surface area contributed by atoms with E-state index in [1.54, 1.807) is 30.3 Å². The largest absolute Gasteiger partial charge is 0.394 e. The number of carbonyl (C=O) groups excluding carboxylic acids is 12. The number of nitrogens with zero attached hydrogens (tertiary/aromatic N) is 2. The molecular formula is C69H115N13O18S. The number of carbonyl (C=O) groups is 12. The van der Waals surface area contributed by atoms with Crippen LogP contribution >= 0.6 is 11.8 Å². The molecule has 17 N–H and O–H groups in total. The van der Waals surface area contributed by atoms with E-state index in [2.05, 4.69) is 73.9 Å². The van der Waals surface area contributed by atoms with Gasteiger partial charge in [0.05, 0.1) is 37.6 Å². The van der Waals surface area contributed by atoms with Crippen LogP contribution in [0.25, 0.3) is 0 Å². The van der Waals surface area contributed by atoms with E-state index in [0.717, 1.165) is 54.7 Å². The summed E-state index contributed by atoms with van der Waals surface area (Å²) in [6.45, 7) is 8.76. The number of β-amino-alcohol motifs (C(OH)–C–C–N with tert-alkyl or cyclic N) is 1. The van der Waals surface area contributed by atoms with Crippen molar-refractivity contribution in [1.29, 1.82) is 0 Å². The first kappa shape index (κ1) is 86.3. The van der Waals surface area contributed by atoms with Crippen molar-refractivity contribution in [2.24, 2.45) is 23.5 Å². The molecule has 3 heterocycles. The molecule has 4 rings (SSSR count). The van der Waals surface area contributed by atoms with Crippen molar-refractivity contribution in [3.05, 3.63) is 35.9 Å². The van der Waals surface area contributed by atoms with Crippen LogP contribution in [0.1, 0.15) is 163 Å². The number of fused-ring (bicyclic) bond motifs is 2. The molecule has 3 saturated heterocycles. The van der Waals surface area contributed by atoms with Gasteiger partial charge in [-0.3, -0.25) is 57.5 Å². The average Bonchev–Trinajstić information content (AvgIpc) is 1.72. The first-order chi connectivity index (χ1) is 48.2. The highest BCUT2D eigenvalue weighted by Gasteiger charge is 2.46. The van der Waals surface area contributed by atoms with Crippen LogP contribution in [0.5, 0.6) is 0 Å². The Bertz CT molecular complexity index is 2810. The Morgan fingerprint density at radius 1 is 0.713 bits per heavy atom. The fourth-order valence-electron chi connectivity index (χ4n) is 12.5. The van der Waals surface area contributed by atoms with Gasteiger partial charge in [-0.15, -0.1) is 0 Å². The fourth-order valence-corrected chi connectivity index (χ4v) is 13.0. The van der Waals surface area contributed by atoms with E-state index in [-0.39, 0.29) is 70.6 Å². The highest BCUT2D eigenvalue weighted by atomic mass is 32.2. The number of thioether (sulfide) groups is 1. The minimum absolute atomic E-state index is 0.00594. The van der Waals surface area contributed by atoms with Crippen LogP contribution in [-0.4, -0.2) is 250 Å². The van der Waals surface area contributed by atoms with Crippen molar-refractivity contribution >= 4 is 83.2 Å². The Balaban J connectivity index is 1.59. The lowest BCUT2D eigenvalue weighted by Gasteiger charge is -2.32. The SMILES string of the molecule is CCC(C)CC(C)CCCCCCCCC(=O)NC1CC(O)CNC(=O)C2CCCN2C(=O)C(C(O)CCNC(=O)C(NC(=O)C(Cc2ccccc2)NC(=O)C(CC(C)C)NC(=O)C(CCSC)NC=O)OCCCN)NC(=O)C(CO)NC(=O)C2CC(O)CN2C(=O)C(C(C)O)NC1=O. The molecule has 16 unspecified atom stereocenters. The Hall–Kier alpha value is -7.07. The lowest BCUT2D eigenvalue weighted by molar-refractivity contribution is -0.146. The summed E-state index contributed by atoms with van der Waals surface area (Å²) in [6.07, 6.45) is 1.99. The highest BCUT2D eigenvalue weighted by molar-refractivity contribution is 7.98. The second-order valence-corrected chi connectivity index (χ2v) is 28.4. The van der Waals surface area contributed by atoms with Gasteiger partial charge in [-0.25, -0.2) is 0 Å².